The van der Waals surface area contributed by atoms with Crippen molar-refractivity contribution in [1.82, 2.24) is 24.8 Å². The van der Waals surface area contributed by atoms with Crippen LogP contribution in [-0.2, 0) is 18.3 Å². The van der Waals surface area contributed by atoms with Gasteiger partial charge in [-0.05, 0) is 12.3 Å². The summed E-state index contributed by atoms with van der Waals surface area (Å²) in [6, 6.07) is -0.419. The molecule has 0 radical (unpaired) electrons. The first-order valence-electron chi connectivity index (χ1n) is 9.47. The van der Waals surface area contributed by atoms with Gasteiger partial charge in [-0.3, -0.25) is 18.9 Å². The summed E-state index contributed by atoms with van der Waals surface area (Å²) >= 11 is 0. The van der Waals surface area contributed by atoms with Crippen LogP contribution in [0.5, 0.6) is 0 Å². The predicted molar refractivity (Wildman–Crippen MR) is 102 cm³/mol. The Balaban J connectivity index is 1.52. The SMILES string of the molecule is CC(C)CCNC(=O)Nc1ncnc2c1ncn2[C@@H]1O[C@@H]2COP(=O)(O)O[C@H]2[C@H]1O. The molecule has 2 aromatic rings. The summed E-state index contributed by atoms with van der Waals surface area (Å²) in [5.41, 5.74) is 0.602. The Hall–Kier alpha value is -2.15. The Morgan fingerprint density at radius 3 is 2.97 bits per heavy atom. The molecule has 0 aromatic carbocycles. The number of rotatable bonds is 5. The Bertz CT molecular complexity index is 984. The number of hydrogen-bond donors (Lipinski definition) is 4. The number of carbonyl (C=O) groups is 1. The average Bonchev–Trinajstić information content (AvgIpc) is 3.23. The number of phosphoric acid groups is 1. The number of urea groups is 1. The maximum Gasteiger partial charge on any atom is 0.472 e. The van der Waals surface area contributed by atoms with Gasteiger partial charge < -0.3 is 20.1 Å². The monoisotopic (exact) mass is 442 g/mol. The first kappa shape index (κ1) is 21.1. The van der Waals surface area contributed by atoms with Crippen LogP contribution < -0.4 is 10.6 Å². The molecule has 13 nitrogen and oxygen atoms in total. The lowest BCUT2D eigenvalue weighted by atomic mass is 10.1. The van der Waals surface area contributed by atoms with Gasteiger partial charge >= 0.3 is 13.9 Å². The third kappa shape index (κ3) is 4.17. The quantitative estimate of drug-likeness (QED) is 0.485. The molecule has 4 rings (SSSR count). The van der Waals surface area contributed by atoms with Crippen LogP contribution in [0.3, 0.4) is 0 Å². The lowest BCUT2D eigenvalue weighted by molar-refractivity contribution is -0.0664. The van der Waals surface area contributed by atoms with Crippen molar-refractivity contribution in [3.05, 3.63) is 12.7 Å². The average molecular weight is 442 g/mol. The zero-order chi connectivity index (χ0) is 21.5. The number of amides is 2. The Morgan fingerprint density at radius 2 is 2.20 bits per heavy atom. The van der Waals surface area contributed by atoms with Gasteiger partial charge in [-0.25, -0.2) is 24.3 Å². The summed E-state index contributed by atoms with van der Waals surface area (Å²) in [4.78, 5) is 34.1. The minimum atomic E-state index is -4.23. The third-order valence-electron chi connectivity index (χ3n) is 4.84. The van der Waals surface area contributed by atoms with Crippen LogP contribution in [0.1, 0.15) is 26.5 Å². The van der Waals surface area contributed by atoms with E-state index in [-0.39, 0.29) is 12.4 Å². The highest BCUT2D eigenvalue weighted by Gasteiger charge is 2.52. The Labute approximate surface area is 171 Å². The van der Waals surface area contributed by atoms with E-state index in [4.69, 9.17) is 13.8 Å². The second-order valence-corrected chi connectivity index (χ2v) is 8.91. The molecule has 0 aliphatic carbocycles. The number of aliphatic hydroxyl groups excluding tert-OH is 1. The first-order chi connectivity index (χ1) is 14.2. The fourth-order valence-electron chi connectivity index (χ4n) is 3.32. The van der Waals surface area contributed by atoms with Gasteiger partial charge in [-0.15, -0.1) is 0 Å². The number of ether oxygens (including phenoxy) is 1. The molecule has 4 heterocycles. The zero-order valence-corrected chi connectivity index (χ0v) is 17.2. The maximum atomic E-state index is 12.1. The molecule has 2 fully saturated rings. The maximum absolute atomic E-state index is 12.1. The molecule has 2 aliphatic rings. The molecule has 2 amide bonds. The lowest BCUT2D eigenvalue weighted by Crippen LogP contribution is -2.39. The van der Waals surface area contributed by atoms with Gasteiger partial charge in [0.25, 0.3) is 0 Å². The van der Waals surface area contributed by atoms with Gasteiger partial charge in [-0.1, -0.05) is 13.8 Å². The number of carbonyl (C=O) groups excluding carboxylic acids is 1. The van der Waals surface area contributed by atoms with Gasteiger partial charge in [0.2, 0.25) is 0 Å². The van der Waals surface area contributed by atoms with E-state index in [0.29, 0.717) is 23.6 Å². The van der Waals surface area contributed by atoms with Crippen LogP contribution >= 0.6 is 7.82 Å². The van der Waals surface area contributed by atoms with Gasteiger partial charge in [0.15, 0.2) is 23.2 Å². The lowest BCUT2D eigenvalue weighted by Gasteiger charge is -2.27. The highest BCUT2D eigenvalue weighted by atomic mass is 31.2. The standard InChI is InChI=1S/C16H23N6O7P/c1-8(2)3-4-17-16(24)21-13-10-14(19-6-18-13)22(7-20-10)15-11(23)12-9(28-15)5-27-30(25,26)29-12/h6-9,11-12,15,23H,3-5H2,1-2H3,(H,25,26)(H2,17,18,19,21,24)/t9-,11-,12-,15-/m1/s1. The largest absolute Gasteiger partial charge is 0.472 e. The highest BCUT2D eigenvalue weighted by Crippen LogP contribution is 2.52. The summed E-state index contributed by atoms with van der Waals surface area (Å²) in [6.07, 6.45) is -0.540. The number of nitrogens with zero attached hydrogens (tertiary/aromatic N) is 4. The predicted octanol–water partition coefficient (Wildman–Crippen LogP) is 0.768. The third-order valence-corrected chi connectivity index (χ3v) is 5.82. The Kier molecular flexibility index (Phi) is 5.75. The van der Waals surface area contributed by atoms with E-state index in [1.165, 1.54) is 17.2 Å². The fourth-order valence-corrected chi connectivity index (χ4v) is 4.29. The van der Waals surface area contributed by atoms with E-state index in [1.54, 1.807) is 0 Å². The van der Waals surface area contributed by atoms with Gasteiger partial charge in [0.1, 0.15) is 24.6 Å². The molecular weight excluding hydrogens is 419 g/mol. The van der Waals surface area contributed by atoms with Crippen molar-refractivity contribution in [3.63, 3.8) is 0 Å². The van der Waals surface area contributed by atoms with E-state index in [2.05, 4.69) is 39.4 Å². The normalized spacial score (nSPS) is 31.1. The Morgan fingerprint density at radius 1 is 1.40 bits per heavy atom. The van der Waals surface area contributed by atoms with Crippen molar-refractivity contribution in [2.24, 2.45) is 5.92 Å². The molecule has 1 unspecified atom stereocenters. The molecule has 4 N–H and O–H groups in total. The molecule has 14 heteroatoms. The summed E-state index contributed by atoms with van der Waals surface area (Å²) in [6.45, 7) is 4.45. The van der Waals surface area contributed by atoms with E-state index in [9.17, 15) is 19.4 Å². The van der Waals surface area contributed by atoms with E-state index in [0.717, 1.165) is 6.42 Å². The van der Waals surface area contributed by atoms with Crippen LogP contribution in [0.2, 0.25) is 0 Å². The van der Waals surface area contributed by atoms with Crippen molar-refractivity contribution in [1.29, 1.82) is 0 Å². The summed E-state index contributed by atoms with van der Waals surface area (Å²) in [5.74, 6) is 0.660. The molecule has 2 aliphatic heterocycles. The number of hydrogen-bond acceptors (Lipinski definition) is 9. The number of aliphatic hydroxyl groups is 1. The number of anilines is 1. The number of imidazole rings is 1. The fraction of sp³-hybridized carbons (Fsp3) is 0.625. The molecule has 30 heavy (non-hydrogen) atoms. The first-order valence-corrected chi connectivity index (χ1v) is 11.0. The van der Waals surface area contributed by atoms with Crippen LogP contribution in [0.4, 0.5) is 10.6 Å². The van der Waals surface area contributed by atoms with Crippen LogP contribution in [0.15, 0.2) is 12.7 Å². The number of phosphoric ester groups is 1. The molecule has 0 bridgehead atoms. The van der Waals surface area contributed by atoms with E-state index < -0.39 is 38.4 Å². The second kappa shape index (κ2) is 8.17. The molecule has 2 saturated heterocycles. The van der Waals surface area contributed by atoms with Crippen molar-refractivity contribution in [3.8, 4) is 0 Å². The molecule has 0 spiro atoms. The molecule has 2 aromatic heterocycles. The van der Waals surface area contributed by atoms with Crippen molar-refractivity contribution in [2.75, 3.05) is 18.5 Å². The minimum Gasteiger partial charge on any atom is -0.386 e. The van der Waals surface area contributed by atoms with E-state index in [1.807, 2.05) is 0 Å². The molecule has 164 valence electrons. The molecule has 0 saturated carbocycles. The minimum absolute atomic E-state index is 0.197. The summed E-state index contributed by atoms with van der Waals surface area (Å²) < 4.78 is 28.5. The van der Waals surface area contributed by atoms with Crippen LogP contribution in [0, 0.1) is 5.92 Å². The summed E-state index contributed by atoms with van der Waals surface area (Å²) in [5, 5.41) is 16.0. The van der Waals surface area contributed by atoms with Crippen LogP contribution in [-0.4, -0.2) is 67.0 Å². The van der Waals surface area contributed by atoms with Crippen molar-refractivity contribution in [2.45, 2.75) is 44.8 Å². The molecule has 5 atom stereocenters. The number of fused-ring (bicyclic) bond motifs is 2. The summed E-state index contributed by atoms with van der Waals surface area (Å²) in [7, 11) is -4.23. The van der Waals surface area contributed by atoms with Crippen LogP contribution in [0.25, 0.3) is 11.2 Å². The second-order valence-electron chi connectivity index (χ2n) is 7.50. The smallest absolute Gasteiger partial charge is 0.386 e. The van der Waals surface area contributed by atoms with Gasteiger partial charge in [0.05, 0.1) is 12.9 Å². The van der Waals surface area contributed by atoms with E-state index >= 15 is 0 Å². The zero-order valence-electron chi connectivity index (χ0n) is 16.3. The molecular formula is C16H23N6O7P. The number of aromatic nitrogens is 4. The van der Waals surface area contributed by atoms with Gasteiger partial charge in [-0.2, -0.15) is 0 Å². The van der Waals surface area contributed by atoms with Crippen molar-refractivity contribution >= 4 is 30.8 Å². The van der Waals surface area contributed by atoms with Gasteiger partial charge in [0, 0.05) is 6.54 Å². The highest BCUT2D eigenvalue weighted by molar-refractivity contribution is 7.47. The van der Waals surface area contributed by atoms with Crippen molar-refractivity contribution < 1.29 is 33.1 Å². The topological polar surface area (TPSA) is 170 Å². The number of nitrogens with one attached hydrogen (secondary N) is 2.